The van der Waals surface area contributed by atoms with Crippen LogP contribution in [0.25, 0.3) is 0 Å². The molecule has 0 saturated carbocycles. The normalized spacial score (nSPS) is 13.5. The molecule has 1 radical (unpaired) electrons. The van der Waals surface area contributed by atoms with Crippen molar-refractivity contribution in [1.82, 2.24) is 0 Å². The van der Waals surface area contributed by atoms with E-state index in [1.807, 2.05) is 0 Å². The number of aliphatic hydroxyl groups is 3. The molecule has 0 heterocycles. The molecular formula is C8H9O3. The first-order valence-corrected chi connectivity index (χ1v) is 3.19. The summed E-state index contributed by atoms with van der Waals surface area (Å²) >= 11 is 0. The summed E-state index contributed by atoms with van der Waals surface area (Å²) in [5.41, 5.74) is 0.465. The van der Waals surface area contributed by atoms with Crippen LogP contribution in [-0.4, -0.2) is 15.3 Å². The average molecular weight is 153 g/mol. The van der Waals surface area contributed by atoms with E-state index in [-0.39, 0.29) is 0 Å². The second kappa shape index (κ2) is 3.48. The molecule has 0 aliphatic carbocycles. The van der Waals surface area contributed by atoms with Gasteiger partial charge in [-0.1, -0.05) is 30.3 Å². The van der Waals surface area contributed by atoms with Crippen molar-refractivity contribution >= 4 is 0 Å². The van der Waals surface area contributed by atoms with Crippen LogP contribution < -0.4 is 0 Å². The molecule has 3 heteroatoms. The summed E-state index contributed by atoms with van der Waals surface area (Å²) in [5, 5.41) is 26.1. The summed E-state index contributed by atoms with van der Waals surface area (Å²) in [6.45, 7) is 0. The van der Waals surface area contributed by atoms with E-state index in [9.17, 15) is 0 Å². The van der Waals surface area contributed by atoms with Gasteiger partial charge in [-0.3, -0.25) is 0 Å². The van der Waals surface area contributed by atoms with Crippen molar-refractivity contribution < 1.29 is 15.3 Å². The Morgan fingerprint density at radius 2 is 1.64 bits per heavy atom. The van der Waals surface area contributed by atoms with Gasteiger partial charge in [-0.2, -0.15) is 0 Å². The molecule has 0 saturated heterocycles. The van der Waals surface area contributed by atoms with E-state index < -0.39 is 12.4 Å². The van der Waals surface area contributed by atoms with Crippen LogP contribution in [0, 0.1) is 6.29 Å². The second-order valence-electron chi connectivity index (χ2n) is 2.17. The number of hydrogen-bond donors (Lipinski definition) is 3. The van der Waals surface area contributed by atoms with Crippen molar-refractivity contribution in [3.8, 4) is 0 Å². The van der Waals surface area contributed by atoms with E-state index in [0.29, 0.717) is 5.56 Å². The molecule has 1 aromatic carbocycles. The zero-order chi connectivity index (χ0) is 8.27. The van der Waals surface area contributed by atoms with E-state index in [2.05, 4.69) is 0 Å². The van der Waals surface area contributed by atoms with Crippen molar-refractivity contribution in [3.05, 3.63) is 42.2 Å². The minimum Gasteiger partial charge on any atom is -0.383 e. The molecular weight excluding hydrogens is 144 g/mol. The quantitative estimate of drug-likeness (QED) is 0.593. The highest BCUT2D eigenvalue weighted by Crippen LogP contribution is 2.18. The predicted octanol–water partition coefficient (Wildman–Crippen LogP) is 0.954. The number of aliphatic hydroxyl groups excluding tert-OH is 2. The Hall–Kier alpha value is -0.900. The lowest BCUT2D eigenvalue weighted by Gasteiger charge is -2.10. The molecule has 0 aliphatic rings. The van der Waals surface area contributed by atoms with Gasteiger partial charge in [0.15, 0.2) is 0 Å². The Bertz CT molecular complexity index is 208. The van der Waals surface area contributed by atoms with E-state index in [0.717, 1.165) is 0 Å². The Balaban J connectivity index is 2.77. The molecule has 0 fully saturated rings. The van der Waals surface area contributed by atoms with Crippen LogP contribution in [0.15, 0.2) is 30.3 Å². The number of hydrogen-bond acceptors (Lipinski definition) is 3. The monoisotopic (exact) mass is 153 g/mol. The summed E-state index contributed by atoms with van der Waals surface area (Å²) < 4.78 is 0. The first-order chi connectivity index (χ1) is 5.22. The fourth-order valence-electron chi connectivity index (χ4n) is 0.784. The summed E-state index contributed by atoms with van der Waals surface area (Å²) in [6, 6.07) is 8.42. The Labute approximate surface area is 64.5 Å². The molecule has 1 atom stereocenters. The molecule has 0 amide bonds. The number of benzene rings is 1. The Morgan fingerprint density at radius 1 is 1.09 bits per heavy atom. The minimum absolute atomic E-state index is 0.465. The summed E-state index contributed by atoms with van der Waals surface area (Å²) in [7, 11) is 0. The zero-order valence-electron chi connectivity index (χ0n) is 5.81. The fraction of sp³-hybridized carbons (Fsp3) is 0.125. The van der Waals surface area contributed by atoms with Gasteiger partial charge in [-0.25, -0.2) is 0 Å². The van der Waals surface area contributed by atoms with Crippen molar-refractivity contribution in [2.24, 2.45) is 0 Å². The van der Waals surface area contributed by atoms with Crippen LogP contribution in [0.3, 0.4) is 0 Å². The van der Waals surface area contributed by atoms with E-state index in [1.165, 1.54) is 0 Å². The third kappa shape index (κ3) is 2.01. The summed E-state index contributed by atoms with van der Waals surface area (Å²) in [6.07, 6.45) is -2.27. The molecule has 0 bridgehead atoms. The SMILES string of the molecule is O[C](O)C(O)c1ccccc1. The number of rotatable bonds is 2. The van der Waals surface area contributed by atoms with Crippen LogP contribution >= 0.6 is 0 Å². The van der Waals surface area contributed by atoms with Crippen LogP contribution in [-0.2, 0) is 0 Å². The van der Waals surface area contributed by atoms with Gasteiger partial charge in [0.05, 0.1) is 0 Å². The second-order valence-corrected chi connectivity index (χ2v) is 2.17. The maximum atomic E-state index is 9.06. The van der Waals surface area contributed by atoms with Gasteiger partial charge in [0.25, 0.3) is 6.29 Å². The van der Waals surface area contributed by atoms with Gasteiger partial charge in [-0.05, 0) is 5.56 Å². The lowest BCUT2D eigenvalue weighted by atomic mass is 10.1. The molecule has 1 rings (SSSR count). The van der Waals surface area contributed by atoms with Crippen molar-refractivity contribution in [1.29, 1.82) is 0 Å². The molecule has 1 unspecified atom stereocenters. The van der Waals surface area contributed by atoms with E-state index in [1.54, 1.807) is 30.3 Å². The molecule has 3 N–H and O–H groups in total. The van der Waals surface area contributed by atoms with Gasteiger partial charge >= 0.3 is 0 Å². The predicted molar refractivity (Wildman–Crippen MR) is 38.5 cm³/mol. The molecule has 3 nitrogen and oxygen atoms in total. The van der Waals surface area contributed by atoms with Gasteiger partial charge in [-0.15, -0.1) is 0 Å². The third-order valence-electron chi connectivity index (χ3n) is 1.36. The lowest BCUT2D eigenvalue weighted by Crippen LogP contribution is -2.08. The summed E-state index contributed by atoms with van der Waals surface area (Å²) in [5.74, 6) is 0. The molecule has 0 aliphatic heterocycles. The maximum Gasteiger partial charge on any atom is 0.252 e. The first kappa shape index (κ1) is 8.20. The summed E-state index contributed by atoms with van der Waals surface area (Å²) in [4.78, 5) is 0. The molecule has 59 valence electrons. The van der Waals surface area contributed by atoms with E-state index >= 15 is 0 Å². The van der Waals surface area contributed by atoms with Gasteiger partial charge in [0.2, 0.25) is 0 Å². The Morgan fingerprint density at radius 3 is 2.09 bits per heavy atom. The minimum atomic E-state index is -1.30. The smallest absolute Gasteiger partial charge is 0.252 e. The van der Waals surface area contributed by atoms with Gasteiger partial charge in [0.1, 0.15) is 6.10 Å². The lowest BCUT2D eigenvalue weighted by molar-refractivity contribution is -0.0228. The largest absolute Gasteiger partial charge is 0.383 e. The fourth-order valence-corrected chi connectivity index (χ4v) is 0.784. The van der Waals surface area contributed by atoms with Crippen LogP contribution in [0.4, 0.5) is 0 Å². The van der Waals surface area contributed by atoms with Gasteiger partial charge < -0.3 is 15.3 Å². The molecule has 0 spiro atoms. The van der Waals surface area contributed by atoms with E-state index in [4.69, 9.17) is 15.3 Å². The van der Waals surface area contributed by atoms with Gasteiger partial charge in [0, 0.05) is 0 Å². The molecule has 11 heavy (non-hydrogen) atoms. The van der Waals surface area contributed by atoms with Crippen molar-refractivity contribution in [2.45, 2.75) is 6.10 Å². The van der Waals surface area contributed by atoms with Crippen LogP contribution in [0.1, 0.15) is 11.7 Å². The highest BCUT2D eigenvalue weighted by atomic mass is 16.5. The van der Waals surface area contributed by atoms with Crippen molar-refractivity contribution in [3.63, 3.8) is 0 Å². The van der Waals surface area contributed by atoms with Crippen molar-refractivity contribution in [2.75, 3.05) is 0 Å². The maximum absolute atomic E-state index is 9.06. The van der Waals surface area contributed by atoms with Crippen LogP contribution in [0.2, 0.25) is 0 Å². The average Bonchev–Trinajstić information content (AvgIpc) is 2.05. The third-order valence-corrected chi connectivity index (χ3v) is 1.36. The Kier molecular flexibility index (Phi) is 2.59. The highest BCUT2D eigenvalue weighted by molar-refractivity contribution is 5.19. The molecule has 0 aromatic heterocycles. The standard InChI is InChI=1S/C8H9O3/c9-7(8(10)11)6-4-2-1-3-5-6/h1-5,7,9-11H. The topological polar surface area (TPSA) is 60.7 Å². The van der Waals surface area contributed by atoms with Crippen LogP contribution in [0.5, 0.6) is 0 Å². The highest BCUT2D eigenvalue weighted by Gasteiger charge is 2.15. The first-order valence-electron chi connectivity index (χ1n) is 3.19. The molecule has 1 aromatic rings. The zero-order valence-corrected chi connectivity index (χ0v) is 5.81.